The molecule has 0 atom stereocenters. The van der Waals surface area contributed by atoms with E-state index in [9.17, 15) is 41.9 Å². The van der Waals surface area contributed by atoms with Crippen molar-refractivity contribution in [2.24, 2.45) is 0 Å². The van der Waals surface area contributed by atoms with Gasteiger partial charge in [0.1, 0.15) is 0 Å². The standard InChI is InChI=1S/C21H20N4O11S2/c26-21-15-9-13(37(31,32)22-1-5-35-6-2-22)11-17(24(27)28)19(15)20-16(21)10-14(12-18(20)25(29)30)38(33,34)23-3-7-36-8-4-23/h9-12H,1-8H2. The number of carbonyl (C=O) groups is 1. The summed E-state index contributed by atoms with van der Waals surface area (Å²) in [5.41, 5.74) is -3.40. The highest BCUT2D eigenvalue weighted by atomic mass is 32.2. The molecule has 0 aromatic heterocycles. The van der Waals surface area contributed by atoms with Crippen molar-refractivity contribution in [1.29, 1.82) is 0 Å². The molecule has 2 fully saturated rings. The molecule has 0 bridgehead atoms. The Morgan fingerprint density at radius 1 is 0.658 bits per heavy atom. The first-order valence-electron chi connectivity index (χ1n) is 11.3. The molecule has 2 aromatic carbocycles. The Hall–Kier alpha value is -3.35. The number of ether oxygens (including phenoxy) is 2. The molecule has 5 rings (SSSR count). The second kappa shape index (κ2) is 9.44. The molecule has 2 aromatic rings. The van der Waals surface area contributed by atoms with Crippen molar-refractivity contribution >= 4 is 37.2 Å². The SMILES string of the molecule is O=C1c2cc(S(=O)(=O)N3CCOCC3)cc([N+](=O)[O-])c2-c2c1cc(S(=O)(=O)N1CCOCC1)cc2[N+](=O)[O-]. The maximum absolute atomic E-state index is 13.4. The van der Waals surface area contributed by atoms with Gasteiger partial charge in [0.05, 0.1) is 57.2 Å². The van der Waals surface area contributed by atoms with Crippen LogP contribution in [0.1, 0.15) is 15.9 Å². The highest BCUT2D eigenvalue weighted by Crippen LogP contribution is 2.49. The predicted octanol–water partition coefficient (Wildman–Crippen LogP) is 0.756. The van der Waals surface area contributed by atoms with Crippen LogP contribution in [-0.4, -0.2) is 93.7 Å². The molecule has 2 aliphatic heterocycles. The molecule has 15 nitrogen and oxygen atoms in total. The van der Waals surface area contributed by atoms with Crippen LogP contribution < -0.4 is 0 Å². The second-order valence-corrected chi connectivity index (χ2v) is 12.5. The minimum absolute atomic E-state index is 0.00435. The summed E-state index contributed by atoms with van der Waals surface area (Å²) in [6.07, 6.45) is 0. The summed E-state index contributed by atoms with van der Waals surface area (Å²) in [4.78, 5) is 34.6. The van der Waals surface area contributed by atoms with E-state index in [2.05, 4.69) is 0 Å². The van der Waals surface area contributed by atoms with Crippen LogP contribution in [0.3, 0.4) is 0 Å². The largest absolute Gasteiger partial charge is 0.379 e. The highest BCUT2D eigenvalue weighted by Gasteiger charge is 2.43. The lowest BCUT2D eigenvalue weighted by molar-refractivity contribution is -0.386. The van der Waals surface area contributed by atoms with Crippen molar-refractivity contribution in [3.63, 3.8) is 0 Å². The summed E-state index contributed by atoms with van der Waals surface area (Å²) in [6, 6.07) is 3.40. The highest BCUT2D eigenvalue weighted by molar-refractivity contribution is 7.89. The van der Waals surface area contributed by atoms with Crippen LogP contribution in [0.2, 0.25) is 0 Å². The maximum Gasteiger partial charge on any atom is 0.279 e. The number of hydrogen-bond acceptors (Lipinski definition) is 11. The third-order valence-corrected chi connectivity index (χ3v) is 10.3. The van der Waals surface area contributed by atoms with Crippen LogP contribution in [0.25, 0.3) is 11.1 Å². The number of hydrogen-bond donors (Lipinski definition) is 0. The Labute approximate surface area is 215 Å². The summed E-state index contributed by atoms with van der Waals surface area (Å²) in [6.45, 7) is 0.440. The van der Waals surface area contributed by atoms with Gasteiger partial charge in [-0.05, 0) is 12.1 Å². The van der Waals surface area contributed by atoms with E-state index in [0.717, 1.165) is 32.9 Å². The monoisotopic (exact) mass is 568 g/mol. The number of nitro groups is 2. The quantitative estimate of drug-likeness (QED) is 0.300. The van der Waals surface area contributed by atoms with Crippen molar-refractivity contribution in [2.45, 2.75) is 9.79 Å². The molecule has 202 valence electrons. The average molecular weight is 569 g/mol. The normalized spacial score (nSPS) is 18.7. The Balaban J connectivity index is 1.71. The first-order valence-corrected chi connectivity index (χ1v) is 14.2. The third-order valence-electron chi connectivity index (χ3n) is 6.53. The lowest BCUT2D eigenvalue weighted by Gasteiger charge is -2.26. The van der Waals surface area contributed by atoms with Gasteiger partial charge < -0.3 is 9.47 Å². The maximum atomic E-state index is 13.4. The molecule has 38 heavy (non-hydrogen) atoms. The first-order chi connectivity index (χ1) is 17.9. The number of fused-ring (bicyclic) bond motifs is 3. The van der Waals surface area contributed by atoms with Crippen LogP contribution >= 0.6 is 0 Å². The average Bonchev–Trinajstić information content (AvgIpc) is 3.20. The number of carbonyl (C=O) groups excluding carboxylic acids is 1. The molecule has 1 aliphatic carbocycles. The van der Waals surface area contributed by atoms with Gasteiger partial charge in [0.2, 0.25) is 20.0 Å². The molecule has 0 unspecified atom stereocenters. The van der Waals surface area contributed by atoms with Gasteiger partial charge >= 0.3 is 0 Å². The van der Waals surface area contributed by atoms with Crippen LogP contribution in [0.15, 0.2) is 34.1 Å². The molecule has 3 aliphatic rings. The van der Waals surface area contributed by atoms with E-state index in [-0.39, 0.29) is 52.6 Å². The Morgan fingerprint density at radius 2 is 1.00 bits per heavy atom. The third kappa shape index (κ3) is 4.16. The summed E-state index contributed by atoms with van der Waals surface area (Å²) < 4.78 is 65.3. The van der Waals surface area contributed by atoms with E-state index in [1.54, 1.807) is 0 Å². The summed E-state index contributed by atoms with van der Waals surface area (Å²) in [5, 5.41) is 24.1. The van der Waals surface area contributed by atoms with Gasteiger partial charge in [0.15, 0.2) is 5.78 Å². The van der Waals surface area contributed by atoms with Crippen LogP contribution in [0.5, 0.6) is 0 Å². The van der Waals surface area contributed by atoms with E-state index >= 15 is 0 Å². The zero-order chi connectivity index (χ0) is 27.4. The number of benzene rings is 2. The molecular weight excluding hydrogens is 548 g/mol. The topological polar surface area (TPSA) is 197 Å². The molecule has 0 radical (unpaired) electrons. The van der Waals surface area contributed by atoms with Gasteiger partial charge in [-0.3, -0.25) is 25.0 Å². The number of sulfonamides is 2. The van der Waals surface area contributed by atoms with Gasteiger partial charge in [-0.1, -0.05) is 0 Å². The van der Waals surface area contributed by atoms with Gasteiger partial charge in [-0.2, -0.15) is 8.61 Å². The van der Waals surface area contributed by atoms with E-state index in [1.165, 1.54) is 0 Å². The van der Waals surface area contributed by atoms with Gasteiger partial charge in [-0.15, -0.1) is 0 Å². The van der Waals surface area contributed by atoms with Crippen molar-refractivity contribution in [2.75, 3.05) is 52.6 Å². The van der Waals surface area contributed by atoms with Crippen molar-refractivity contribution in [1.82, 2.24) is 8.61 Å². The van der Waals surface area contributed by atoms with Crippen LogP contribution in [0.4, 0.5) is 11.4 Å². The summed E-state index contributed by atoms with van der Waals surface area (Å²) in [7, 11) is -8.55. The van der Waals surface area contributed by atoms with Crippen LogP contribution in [-0.2, 0) is 29.5 Å². The van der Waals surface area contributed by atoms with Crippen LogP contribution in [0, 0.1) is 20.2 Å². The molecule has 0 spiro atoms. The van der Waals surface area contributed by atoms with E-state index in [4.69, 9.17) is 9.47 Å². The molecule has 2 saturated heterocycles. The lowest BCUT2D eigenvalue weighted by Crippen LogP contribution is -2.40. The van der Waals surface area contributed by atoms with Crippen molar-refractivity contribution in [3.8, 4) is 11.1 Å². The summed E-state index contributed by atoms with van der Waals surface area (Å²) in [5.74, 6) is -0.959. The van der Waals surface area contributed by atoms with Gasteiger partial charge in [0, 0.05) is 49.4 Å². The van der Waals surface area contributed by atoms with Gasteiger partial charge in [0.25, 0.3) is 11.4 Å². The fourth-order valence-corrected chi connectivity index (χ4v) is 7.60. The zero-order valence-corrected chi connectivity index (χ0v) is 21.2. The number of ketones is 1. The first kappa shape index (κ1) is 26.3. The Morgan fingerprint density at radius 3 is 1.32 bits per heavy atom. The second-order valence-electron chi connectivity index (χ2n) is 8.61. The van der Waals surface area contributed by atoms with Gasteiger partial charge in [-0.25, -0.2) is 16.8 Å². The van der Waals surface area contributed by atoms with E-state index in [1.807, 2.05) is 0 Å². The lowest BCUT2D eigenvalue weighted by atomic mass is 10.0. The van der Waals surface area contributed by atoms with Crippen molar-refractivity contribution in [3.05, 3.63) is 55.6 Å². The molecule has 2 heterocycles. The number of rotatable bonds is 6. The Bertz CT molecular complexity index is 1480. The van der Waals surface area contributed by atoms with E-state index in [0.29, 0.717) is 0 Å². The molecule has 0 saturated carbocycles. The summed E-state index contributed by atoms with van der Waals surface area (Å²) >= 11 is 0. The minimum Gasteiger partial charge on any atom is -0.379 e. The number of nitrogens with zero attached hydrogens (tertiary/aromatic N) is 4. The number of nitro benzene ring substituents is 2. The zero-order valence-electron chi connectivity index (χ0n) is 19.6. The number of morpholine rings is 2. The smallest absolute Gasteiger partial charge is 0.279 e. The predicted molar refractivity (Wildman–Crippen MR) is 128 cm³/mol. The fraction of sp³-hybridized carbons (Fsp3) is 0.381. The molecule has 17 heteroatoms. The molecular formula is C21H20N4O11S2. The molecule has 0 amide bonds. The fourth-order valence-electron chi connectivity index (χ4n) is 4.69. The minimum atomic E-state index is -4.27. The van der Waals surface area contributed by atoms with Crippen molar-refractivity contribution < 1.29 is 41.0 Å². The Kier molecular flexibility index (Phi) is 6.52. The van der Waals surface area contributed by atoms with E-state index < -0.39 is 79.1 Å². The molecule has 0 N–H and O–H groups in total.